The molecule has 1 saturated heterocycles. The highest BCUT2D eigenvalue weighted by molar-refractivity contribution is 5.80. The molecule has 0 unspecified atom stereocenters. The Morgan fingerprint density at radius 3 is 2.83 bits per heavy atom. The van der Waals surface area contributed by atoms with Crippen LogP contribution in [-0.4, -0.2) is 47.1 Å². The Kier molecular flexibility index (Phi) is 4.78. The minimum absolute atomic E-state index is 0.393. The first-order valence-corrected chi connectivity index (χ1v) is 8.88. The van der Waals surface area contributed by atoms with E-state index >= 15 is 0 Å². The van der Waals surface area contributed by atoms with Crippen molar-refractivity contribution in [2.45, 2.75) is 40.2 Å². The van der Waals surface area contributed by atoms with Crippen molar-refractivity contribution < 1.29 is 0 Å². The number of fused-ring (bicyclic) bond motifs is 1. The number of rotatable bonds is 4. The van der Waals surface area contributed by atoms with E-state index in [-0.39, 0.29) is 0 Å². The van der Waals surface area contributed by atoms with Crippen LogP contribution in [0, 0.1) is 12.3 Å². The SMILES string of the molecule is CN=C(NCCCn1c(C)nc2ccccc21)N1CCC(C)(C)C1. The summed E-state index contributed by atoms with van der Waals surface area (Å²) in [5.41, 5.74) is 2.70. The van der Waals surface area contributed by atoms with Crippen molar-refractivity contribution in [3.05, 3.63) is 30.1 Å². The molecule has 0 saturated carbocycles. The summed E-state index contributed by atoms with van der Waals surface area (Å²) in [6.07, 6.45) is 2.28. The molecule has 2 aromatic rings. The van der Waals surface area contributed by atoms with Crippen LogP contribution >= 0.6 is 0 Å². The Hall–Kier alpha value is -2.04. The molecule has 5 heteroatoms. The monoisotopic (exact) mass is 327 g/mol. The van der Waals surface area contributed by atoms with E-state index in [9.17, 15) is 0 Å². The van der Waals surface area contributed by atoms with Crippen molar-refractivity contribution in [2.75, 3.05) is 26.7 Å². The maximum Gasteiger partial charge on any atom is 0.193 e. The van der Waals surface area contributed by atoms with E-state index in [4.69, 9.17) is 0 Å². The first-order chi connectivity index (χ1) is 11.5. The van der Waals surface area contributed by atoms with Gasteiger partial charge >= 0.3 is 0 Å². The van der Waals surface area contributed by atoms with Crippen LogP contribution in [0.1, 0.15) is 32.5 Å². The summed E-state index contributed by atoms with van der Waals surface area (Å²) in [6.45, 7) is 10.8. The molecule has 1 aromatic heterocycles. The number of aryl methyl sites for hydroxylation is 2. The summed E-state index contributed by atoms with van der Waals surface area (Å²) < 4.78 is 2.30. The van der Waals surface area contributed by atoms with Gasteiger partial charge in [-0.3, -0.25) is 4.99 Å². The largest absolute Gasteiger partial charge is 0.356 e. The van der Waals surface area contributed by atoms with E-state index < -0.39 is 0 Å². The fraction of sp³-hybridized carbons (Fsp3) is 0.579. The first-order valence-electron chi connectivity index (χ1n) is 8.88. The van der Waals surface area contributed by atoms with Gasteiger partial charge in [0.05, 0.1) is 11.0 Å². The molecule has 0 aliphatic carbocycles. The van der Waals surface area contributed by atoms with Crippen LogP contribution in [0.25, 0.3) is 11.0 Å². The minimum atomic E-state index is 0.393. The third-order valence-corrected chi connectivity index (χ3v) is 4.88. The summed E-state index contributed by atoms with van der Waals surface area (Å²) in [5, 5.41) is 3.52. The van der Waals surface area contributed by atoms with Crippen LogP contribution in [0.2, 0.25) is 0 Å². The number of hydrogen-bond acceptors (Lipinski definition) is 2. The predicted octanol–water partition coefficient (Wildman–Crippen LogP) is 3.04. The molecular weight excluding hydrogens is 298 g/mol. The van der Waals surface area contributed by atoms with Crippen LogP contribution in [0.3, 0.4) is 0 Å². The van der Waals surface area contributed by atoms with Gasteiger partial charge in [0, 0.05) is 33.2 Å². The lowest BCUT2D eigenvalue weighted by Crippen LogP contribution is -2.41. The number of nitrogens with zero attached hydrogens (tertiary/aromatic N) is 4. The Balaban J connectivity index is 1.54. The molecular formula is C19H29N5. The molecule has 24 heavy (non-hydrogen) atoms. The molecule has 5 nitrogen and oxygen atoms in total. The van der Waals surface area contributed by atoms with Crippen LogP contribution in [0.5, 0.6) is 0 Å². The van der Waals surface area contributed by atoms with Gasteiger partial charge in [0.2, 0.25) is 0 Å². The summed E-state index contributed by atoms with van der Waals surface area (Å²) in [6, 6.07) is 8.35. The lowest BCUT2D eigenvalue weighted by molar-refractivity contribution is 0.370. The highest BCUT2D eigenvalue weighted by Gasteiger charge is 2.30. The van der Waals surface area contributed by atoms with Crippen LogP contribution in [-0.2, 0) is 6.54 Å². The fourth-order valence-electron chi connectivity index (χ4n) is 3.54. The molecule has 1 aromatic carbocycles. The molecule has 0 radical (unpaired) electrons. The van der Waals surface area contributed by atoms with Gasteiger partial charge < -0.3 is 14.8 Å². The van der Waals surface area contributed by atoms with Gasteiger partial charge in [0.15, 0.2) is 5.96 Å². The van der Waals surface area contributed by atoms with E-state index in [1.165, 1.54) is 11.9 Å². The number of likely N-dealkylation sites (tertiary alicyclic amines) is 1. The zero-order valence-corrected chi connectivity index (χ0v) is 15.3. The van der Waals surface area contributed by atoms with Crippen LogP contribution in [0.4, 0.5) is 0 Å². The lowest BCUT2D eigenvalue weighted by atomic mass is 9.93. The van der Waals surface area contributed by atoms with Gasteiger partial charge in [-0.15, -0.1) is 0 Å². The average molecular weight is 327 g/mol. The van der Waals surface area contributed by atoms with Gasteiger partial charge in [0.25, 0.3) is 0 Å². The predicted molar refractivity (Wildman–Crippen MR) is 100 cm³/mol. The molecule has 0 spiro atoms. The number of aromatic nitrogens is 2. The van der Waals surface area contributed by atoms with Crippen molar-refractivity contribution in [3.63, 3.8) is 0 Å². The third-order valence-electron chi connectivity index (χ3n) is 4.88. The maximum atomic E-state index is 4.63. The maximum absolute atomic E-state index is 4.63. The third kappa shape index (κ3) is 3.55. The number of para-hydroxylation sites is 2. The lowest BCUT2D eigenvalue weighted by Gasteiger charge is -2.23. The number of hydrogen-bond donors (Lipinski definition) is 1. The molecule has 130 valence electrons. The number of imidazole rings is 1. The Bertz CT molecular complexity index is 728. The van der Waals surface area contributed by atoms with E-state index in [0.29, 0.717) is 5.41 Å². The highest BCUT2D eigenvalue weighted by atomic mass is 15.3. The molecule has 1 aliphatic rings. The van der Waals surface area contributed by atoms with Gasteiger partial charge in [-0.05, 0) is 37.3 Å². The zero-order valence-electron chi connectivity index (χ0n) is 15.3. The molecule has 1 aliphatic heterocycles. The second kappa shape index (κ2) is 6.83. The van der Waals surface area contributed by atoms with Crippen molar-refractivity contribution >= 4 is 17.0 Å². The van der Waals surface area contributed by atoms with Crippen LogP contribution < -0.4 is 5.32 Å². The minimum Gasteiger partial charge on any atom is -0.356 e. The summed E-state index contributed by atoms with van der Waals surface area (Å²) >= 11 is 0. The van der Waals surface area contributed by atoms with Gasteiger partial charge in [0.1, 0.15) is 5.82 Å². The van der Waals surface area contributed by atoms with Crippen molar-refractivity contribution in [2.24, 2.45) is 10.4 Å². The number of benzene rings is 1. The van der Waals surface area contributed by atoms with E-state index in [1.54, 1.807) is 0 Å². The smallest absolute Gasteiger partial charge is 0.193 e. The number of nitrogens with one attached hydrogen (secondary N) is 1. The molecule has 0 atom stereocenters. The molecule has 3 rings (SSSR count). The Labute approximate surface area is 144 Å². The van der Waals surface area contributed by atoms with E-state index in [0.717, 1.165) is 49.9 Å². The second-order valence-corrected chi connectivity index (χ2v) is 7.46. The van der Waals surface area contributed by atoms with E-state index in [1.807, 2.05) is 13.1 Å². The Morgan fingerprint density at radius 2 is 2.12 bits per heavy atom. The van der Waals surface area contributed by atoms with Crippen molar-refractivity contribution in [3.8, 4) is 0 Å². The first kappa shape index (κ1) is 16.8. The van der Waals surface area contributed by atoms with Crippen molar-refractivity contribution in [1.82, 2.24) is 19.8 Å². The molecule has 2 heterocycles. The number of aliphatic imine (C=N–C) groups is 1. The topological polar surface area (TPSA) is 45.5 Å². The summed E-state index contributed by atoms with van der Waals surface area (Å²) in [7, 11) is 1.88. The standard InChI is InChI=1S/C19H29N5/c1-15-22-16-8-5-6-9-17(16)24(15)12-7-11-21-18(20-4)23-13-10-19(2,3)14-23/h5-6,8-9H,7,10-14H2,1-4H3,(H,20,21). The molecule has 1 fully saturated rings. The highest BCUT2D eigenvalue weighted by Crippen LogP contribution is 2.28. The van der Waals surface area contributed by atoms with Gasteiger partial charge in [-0.25, -0.2) is 4.98 Å². The summed E-state index contributed by atoms with van der Waals surface area (Å²) in [5.74, 6) is 2.12. The normalized spacial score (nSPS) is 17.7. The average Bonchev–Trinajstić information content (AvgIpc) is 3.07. The number of guanidine groups is 1. The van der Waals surface area contributed by atoms with Crippen LogP contribution in [0.15, 0.2) is 29.3 Å². The van der Waals surface area contributed by atoms with Gasteiger partial charge in [-0.2, -0.15) is 0 Å². The Morgan fingerprint density at radius 1 is 1.33 bits per heavy atom. The quantitative estimate of drug-likeness (QED) is 0.533. The molecule has 1 N–H and O–H groups in total. The fourth-order valence-corrected chi connectivity index (χ4v) is 3.54. The van der Waals surface area contributed by atoms with E-state index in [2.05, 4.69) is 63.7 Å². The molecule has 0 bridgehead atoms. The van der Waals surface area contributed by atoms with Crippen molar-refractivity contribution in [1.29, 1.82) is 0 Å². The molecule has 0 amide bonds. The second-order valence-electron chi connectivity index (χ2n) is 7.46. The summed E-state index contributed by atoms with van der Waals surface area (Å²) in [4.78, 5) is 11.5. The van der Waals surface area contributed by atoms with Gasteiger partial charge in [-0.1, -0.05) is 26.0 Å². The zero-order chi connectivity index (χ0) is 17.2.